The van der Waals surface area contributed by atoms with Crippen LogP contribution in [0.5, 0.6) is 11.5 Å². The van der Waals surface area contributed by atoms with E-state index in [4.69, 9.17) is 9.47 Å². The zero-order chi connectivity index (χ0) is 11.3. The van der Waals surface area contributed by atoms with Crippen LogP contribution in [-0.4, -0.2) is 20.5 Å². The number of hydrogen-bond donors (Lipinski definition) is 0. The van der Waals surface area contributed by atoms with E-state index in [1.165, 1.54) is 0 Å². The number of aryl methyl sites for hydroxylation is 2. The van der Waals surface area contributed by atoms with Crippen molar-refractivity contribution in [1.29, 1.82) is 0 Å². The molecule has 0 unspecified atom stereocenters. The molecule has 0 saturated heterocycles. The van der Waals surface area contributed by atoms with Gasteiger partial charge in [0, 0.05) is 6.42 Å². The second kappa shape index (κ2) is 5.39. The minimum atomic E-state index is 0.503. The Labute approximate surface area is 90.0 Å². The van der Waals surface area contributed by atoms with Crippen LogP contribution in [0.4, 0.5) is 0 Å². The molecule has 1 aromatic rings. The van der Waals surface area contributed by atoms with Gasteiger partial charge in [-0.1, -0.05) is 12.1 Å². The Morgan fingerprint density at radius 3 is 2.40 bits per heavy atom. The number of carbonyl (C=O) groups is 1. The normalized spacial score (nSPS) is 9.80. The maximum atomic E-state index is 10.3. The zero-order valence-corrected chi connectivity index (χ0v) is 9.37. The Morgan fingerprint density at radius 1 is 1.20 bits per heavy atom. The van der Waals surface area contributed by atoms with E-state index in [9.17, 15) is 4.79 Å². The quantitative estimate of drug-likeness (QED) is 0.695. The lowest BCUT2D eigenvalue weighted by Gasteiger charge is -2.14. The molecule has 1 rings (SSSR count). The Hall–Kier alpha value is -1.51. The minimum Gasteiger partial charge on any atom is -0.493 e. The maximum absolute atomic E-state index is 10.3. The molecule has 0 aliphatic heterocycles. The molecule has 0 saturated carbocycles. The van der Waals surface area contributed by atoms with Crippen LogP contribution >= 0.6 is 0 Å². The van der Waals surface area contributed by atoms with Crippen molar-refractivity contribution in [2.75, 3.05) is 14.2 Å². The first-order valence-electron chi connectivity index (χ1n) is 4.88. The summed E-state index contributed by atoms with van der Waals surface area (Å²) < 4.78 is 10.6. The van der Waals surface area contributed by atoms with Crippen LogP contribution in [-0.2, 0) is 11.2 Å². The lowest BCUT2D eigenvalue weighted by Crippen LogP contribution is -1.98. The van der Waals surface area contributed by atoms with Gasteiger partial charge < -0.3 is 14.3 Å². The van der Waals surface area contributed by atoms with E-state index < -0.39 is 0 Å². The predicted octanol–water partition coefficient (Wildman–Crippen LogP) is 2.14. The second-order valence-corrected chi connectivity index (χ2v) is 3.31. The summed E-state index contributed by atoms with van der Waals surface area (Å²) in [5.41, 5.74) is 2.04. The molecule has 3 heteroatoms. The molecule has 0 N–H and O–H groups in total. The summed E-state index contributed by atoms with van der Waals surface area (Å²) in [5.74, 6) is 1.49. The molecule has 82 valence electrons. The topological polar surface area (TPSA) is 35.5 Å². The Balaban J connectivity index is 3.10. The Kier molecular flexibility index (Phi) is 4.16. The van der Waals surface area contributed by atoms with E-state index in [-0.39, 0.29) is 0 Å². The zero-order valence-electron chi connectivity index (χ0n) is 9.37. The number of aldehydes is 1. The van der Waals surface area contributed by atoms with Gasteiger partial charge in [0.25, 0.3) is 0 Å². The third-order valence-corrected chi connectivity index (χ3v) is 2.33. The third kappa shape index (κ3) is 2.49. The van der Waals surface area contributed by atoms with Crippen molar-refractivity contribution in [3.8, 4) is 11.5 Å². The van der Waals surface area contributed by atoms with Gasteiger partial charge in [0.15, 0.2) is 11.5 Å². The van der Waals surface area contributed by atoms with Crippen LogP contribution in [0.15, 0.2) is 12.1 Å². The largest absolute Gasteiger partial charge is 0.493 e. The van der Waals surface area contributed by atoms with Crippen molar-refractivity contribution in [3.05, 3.63) is 23.3 Å². The summed E-state index contributed by atoms with van der Waals surface area (Å²) in [6.45, 7) is 1.96. The fourth-order valence-corrected chi connectivity index (χ4v) is 1.59. The van der Waals surface area contributed by atoms with E-state index in [1.807, 2.05) is 19.1 Å². The first-order chi connectivity index (χ1) is 7.24. The van der Waals surface area contributed by atoms with Gasteiger partial charge in [-0.25, -0.2) is 0 Å². The summed E-state index contributed by atoms with van der Waals surface area (Å²) in [4.78, 5) is 10.3. The monoisotopic (exact) mass is 208 g/mol. The number of ether oxygens (including phenoxy) is 2. The van der Waals surface area contributed by atoms with Gasteiger partial charge >= 0.3 is 0 Å². The summed E-state index contributed by atoms with van der Waals surface area (Å²) in [6.07, 6.45) is 2.09. The van der Waals surface area contributed by atoms with Crippen LogP contribution in [0, 0.1) is 6.92 Å². The highest BCUT2D eigenvalue weighted by Crippen LogP contribution is 2.34. The third-order valence-electron chi connectivity index (χ3n) is 2.33. The highest BCUT2D eigenvalue weighted by Gasteiger charge is 2.11. The lowest BCUT2D eigenvalue weighted by molar-refractivity contribution is -0.107. The molecule has 0 aromatic heterocycles. The molecule has 0 heterocycles. The molecule has 0 bridgehead atoms. The van der Waals surface area contributed by atoms with Crippen molar-refractivity contribution in [1.82, 2.24) is 0 Å². The number of hydrogen-bond acceptors (Lipinski definition) is 3. The fraction of sp³-hybridized carbons (Fsp3) is 0.417. The van der Waals surface area contributed by atoms with Gasteiger partial charge in [-0.15, -0.1) is 0 Å². The molecule has 0 aliphatic rings. The molecule has 0 radical (unpaired) electrons. The second-order valence-electron chi connectivity index (χ2n) is 3.31. The van der Waals surface area contributed by atoms with Crippen LogP contribution in [0.1, 0.15) is 17.5 Å². The van der Waals surface area contributed by atoms with Gasteiger partial charge in [-0.2, -0.15) is 0 Å². The van der Waals surface area contributed by atoms with Gasteiger partial charge in [-0.05, 0) is 24.5 Å². The Morgan fingerprint density at radius 2 is 1.87 bits per heavy atom. The number of benzene rings is 1. The van der Waals surface area contributed by atoms with Crippen LogP contribution in [0.25, 0.3) is 0 Å². The molecule has 0 spiro atoms. The van der Waals surface area contributed by atoms with Crippen LogP contribution in [0.3, 0.4) is 0 Å². The highest BCUT2D eigenvalue weighted by atomic mass is 16.5. The molecule has 15 heavy (non-hydrogen) atoms. The van der Waals surface area contributed by atoms with E-state index in [2.05, 4.69) is 0 Å². The minimum absolute atomic E-state index is 0.503. The summed E-state index contributed by atoms with van der Waals surface area (Å²) in [5, 5.41) is 0. The molecular weight excluding hydrogens is 192 g/mol. The molecule has 0 atom stereocenters. The predicted molar refractivity (Wildman–Crippen MR) is 58.7 cm³/mol. The average Bonchev–Trinajstić information content (AvgIpc) is 2.26. The van der Waals surface area contributed by atoms with Gasteiger partial charge in [0.1, 0.15) is 6.29 Å². The van der Waals surface area contributed by atoms with E-state index >= 15 is 0 Å². The lowest BCUT2D eigenvalue weighted by atomic mass is 10.1. The van der Waals surface area contributed by atoms with Crippen molar-refractivity contribution in [2.24, 2.45) is 0 Å². The fourth-order valence-electron chi connectivity index (χ4n) is 1.59. The molecule has 1 aromatic carbocycles. The van der Waals surface area contributed by atoms with E-state index in [1.54, 1.807) is 14.2 Å². The SMILES string of the molecule is COc1c(C)ccc(CCC=O)c1OC. The molecule has 0 aliphatic carbocycles. The number of carbonyl (C=O) groups excluding carboxylic acids is 1. The number of methoxy groups -OCH3 is 2. The summed E-state index contributed by atoms with van der Waals surface area (Å²) in [7, 11) is 3.23. The van der Waals surface area contributed by atoms with Crippen molar-refractivity contribution in [3.63, 3.8) is 0 Å². The van der Waals surface area contributed by atoms with Gasteiger partial charge in [0.05, 0.1) is 14.2 Å². The van der Waals surface area contributed by atoms with Crippen LogP contribution < -0.4 is 9.47 Å². The van der Waals surface area contributed by atoms with Crippen molar-refractivity contribution < 1.29 is 14.3 Å². The van der Waals surface area contributed by atoms with Crippen molar-refractivity contribution >= 4 is 6.29 Å². The first kappa shape index (κ1) is 11.6. The highest BCUT2D eigenvalue weighted by molar-refractivity contribution is 5.55. The standard InChI is InChI=1S/C12H16O3/c1-9-6-7-10(5-4-8-13)12(15-3)11(9)14-2/h6-8H,4-5H2,1-3H3. The summed E-state index contributed by atoms with van der Waals surface area (Å²) >= 11 is 0. The van der Waals surface area contributed by atoms with E-state index in [0.717, 1.165) is 28.9 Å². The molecule has 0 amide bonds. The Bertz CT molecular complexity index is 345. The molecular formula is C12H16O3. The van der Waals surface area contributed by atoms with E-state index in [0.29, 0.717) is 12.8 Å². The van der Waals surface area contributed by atoms with Gasteiger partial charge in [-0.3, -0.25) is 0 Å². The first-order valence-corrected chi connectivity index (χ1v) is 4.88. The van der Waals surface area contributed by atoms with Gasteiger partial charge in [0.2, 0.25) is 0 Å². The molecule has 0 fully saturated rings. The van der Waals surface area contributed by atoms with Crippen molar-refractivity contribution in [2.45, 2.75) is 19.8 Å². The maximum Gasteiger partial charge on any atom is 0.164 e. The summed E-state index contributed by atoms with van der Waals surface area (Å²) in [6, 6.07) is 3.95. The van der Waals surface area contributed by atoms with Crippen LogP contribution in [0.2, 0.25) is 0 Å². The average molecular weight is 208 g/mol. The molecule has 3 nitrogen and oxygen atoms in total. The number of rotatable bonds is 5. The smallest absolute Gasteiger partial charge is 0.164 e.